The molecule has 1 rings (SSSR count). The standard InChI is InChI=1S/C10H12BrFO3S/c1-2-16(14,15)10(11)9(13)7-5-3-4-6-8(7)12/h3-6,9-10,13H,2H2,1H3. The van der Waals surface area contributed by atoms with E-state index in [-0.39, 0.29) is 11.3 Å². The minimum Gasteiger partial charge on any atom is -0.386 e. The minimum absolute atomic E-state index is 0.0265. The zero-order chi connectivity index (χ0) is 12.3. The van der Waals surface area contributed by atoms with Crippen molar-refractivity contribution < 1.29 is 17.9 Å². The summed E-state index contributed by atoms with van der Waals surface area (Å²) in [6.07, 6.45) is -1.41. The largest absolute Gasteiger partial charge is 0.386 e. The molecule has 0 aliphatic heterocycles. The summed E-state index contributed by atoms with van der Waals surface area (Å²) >= 11 is 2.89. The molecule has 0 saturated carbocycles. The number of halogens is 2. The molecule has 2 unspecified atom stereocenters. The molecule has 2 atom stereocenters. The first-order valence-electron chi connectivity index (χ1n) is 4.68. The van der Waals surface area contributed by atoms with E-state index in [2.05, 4.69) is 15.9 Å². The summed E-state index contributed by atoms with van der Waals surface area (Å²) in [5, 5.41) is 9.77. The van der Waals surface area contributed by atoms with Gasteiger partial charge < -0.3 is 5.11 Å². The lowest BCUT2D eigenvalue weighted by atomic mass is 10.1. The number of aliphatic hydroxyl groups is 1. The van der Waals surface area contributed by atoms with Gasteiger partial charge in [-0.2, -0.15) is 0 Å². The molecule has 0 saturated heterocycles. The monoisotopic (exact) mass is 310 g/mol. The lowest BCUT2D eigenvalue weighted by molar-refractivity contribution is 0.190. The Bertz CT molecular complexity index is 461. The van der Waals surface area contributed by atoms with Crippen molar-refractivity contribution in [2.75, 3.05) is 5.75 Å². The van der Waals surface area contributed by atoms with Crippen molar-refractivity contribution in [2.45, 2.75) is 17.2 Å². The molecule has 1 aromatic carbocycles. The Kier molecular flexibility index (Phi) is 4.46. The highest BCUT2D eigenvalue weighted by atomic mass is 79.9. The van der Waals surface area contributed by atoms with Crippen LogP contribution in [0.2, 0.25) is 0 Å². The van der Waals surface area contributed by atoms with Crippen LogP contribution in [0.3, 0.4) is 0 Å². The van der Waals surface area contributed by atoms with Gasteiger partial charge in [0, 0.05) is 11.3 Å². The van der Waals surface area contributed by atoms with E-state index in [1.807, 2.05) is 0 Å². The molecule has 0 amide bonds. The second-order valence-electron chi connectivity index (χ2n) is 3.27. The predicted molar refractivity (Wildman–Crippen MR) is 63.5 cm³/mol. The Labute approximate surface area is 102 Å². The molecule has 0 aliphatic carbocycles. The SMILES string of the molecule is CCS(=O)(=O)C(Br)C(O)c1ccccc1F. The van der Waals surface area contributed by atoms with E-state index in [0.717, 1.165) is 0 Å². The van der Waals surface area contributed by atoms with Crippen molar-refractivity contribution >= 4 is 25.8 Å². The number of hydrogen-bond donors (Lipinski definition) is 1. The summed E-state index contributed by atoms with van der Waals surface area (Å²) in [6, 6.07) is 5.55. The van der Waals surface area contributed by atoms with E-state index in [0.29, 0.717) is 0 Å². The average molecular weight is 311 g/mol. The summed E-state index contributed by atoms with van der Waals surface area (Å²) in [7, 11) is -3.46. The summed E-state index contributed by atoms with van der Waals surface area (Å²) in [6.45, 7) is 1.47. The van der Waals surface area contributed by atoms with E-state index in [1.165, 1.54) is 25.1 Å². The van der Waals surface area contributed by atoms with Gasteiger partial charge in [-0.3, -0.25) is 0 Å². The molecule has 0 radical (unpaired) electrons. The maximum Gasteiger partial charge on any atom is 0.165 e. The van der Waals surface area contributed by atoms with E-state index < -0.39 is 25.9 Å². The topological polar surface area (TPSA) is 54.4 Å². The predicted octanol–water partition coefficient (Wildman–Crippen LogP) is 2.01. The second kappa shape index (κ2) is 5.25. The number of alkyl halides is 1. The van der Waals surface area contributed by atoms with Gasteiger partial charge in [0.05, 0.1) is 0 Å². The van der Waals surface area contributed by atoms with Crippen LogP contribution in [-0.4, -0.2) is 23.4 Å². The van der Waals surface area contributed by atoms with Gasteiger partial charge in [-0.05, 0) is 6.07 Å². The van der Waals surface area contributed by atoms with E-state index >= 15 is 0 Å². The molecular weight excluding hydrogens is 299 g/mol. The number of benzene rings is 1. The van der Waals surface area contributed by atoms with Crippen LogP contribution in [0, 0.1) is 5.82 Å². The Morgan fingerprint density at radius 2 is 2.00 bits per heavy atom. The van der Waals surface area contributed by atoms with Crippen molar-refractivity contribution in [1.82, 2.24) is 0 Å². The molecule has 90 valence electrons. The molecule has 1 aromatic rings. The van der Waals surface area contributed by atoms with Gasteiger partial charge in [-0.1, -0.05) is 41.1 Å². The third-order valence-electron chi connectivity index (χ3n) is 2.22. The smallest absolute Gasteiger partial charge is 0.165 e. The lowest BCUT2D eigenvalue weighted by Gasteiger charge is -2.17. The third kappa shape index (κ3) is 2.81. The second-order valence-corrected chi connectivity index (χ2v) is 7.27. The maximum atomic E-state index is 13.3. The molecule has 0 fully saturated rings. The van der Waals surface area contributed by atoms with Crippen molar-refractivity contribution in [3.05, 3.63) is 35.6 Å². The number of hydrogen-bond acceptors (Lipinski definition) is 3. The van der Waals surface area contributed by atoms with E-state index in [4.69, 9.17) is 0 Å². The van der Waals surface area contributed by atoms with Gasteiger partial charge in [0.1, 0.15) is 16.1 Å². The third-order valence-corrected chi connectivity index (χ3v) is 6.18. The molecule has 0 spiro atoms. The van der Waals surface area contributed by atoms with Crippen LogP contribution in [0.1, 0.15) is 18.6 Å². The quantitative estimate of drug-likeness (QED) is 0.866. The highest BCUT2D eigenvalue weighted by Gasteiger charge is 2.30. The van der Waals surface area contributed by atoms with Crippen molar-refractivity contribution in [2.24, 2.45) is 0 Å². The Balaban J connectivity index is 3.04. The maximum absolute atomic E-state index is 13.3. The molecule has 16 heavy (non-hydrogen) atoms. The Morgan fingerprint density at radius 3 is 2.50 bits per heavy atom. The zero-order valence-electron chi connectivity index (χ0n) is 8.60. The molecule has 0 heterocycles. The fraction of sp³-hybridized carbons (Fsp3) is 0.400. The molecule has 1 N–H and O–H groups in total. The van der Waals surface area contributed by atoms with Crippen LogP contribution in [0.15, 0.2) is 24.3 Å². The highest BCUT2D eigenvalue weighted by molar-refractivity contribution is 9.11. The fourth-order valence-electron chi connectivity index (χ4n) is 1.21. The first-order chi connectivity index (χ1) is 7.40. The van der Waals surface area contributed by atoms with Crippen LogP contribution in [-0.2, 0) is 9.84 Å². The minimum atomic E-state index is -3.46. The van der Waals surface area contributed by atoms with Crippen LogP contribution in [0.25, 0.3) is 0 Å². The van der Waals surface area contributed by atoms with Gasteiger partial charge >= 0.3 is 0 Å². The normalized spacial score (nSPS) is 15.8. The zero-order valence-corrected chi connectivity index (χ0v) is 11.0. The Morgan fingerprint density at radius 1 is 1.44 bits per heavy atom. The summed E-state index contributed by atoms with van der Waals surface area (Å²) in [5.74, 6) is -0.736. The van der Waals surface area contributed by atoms with Gasteiger partial charge in [-0.15, -0.1) is 0 Å². The van der Waals surface area contributed by atoms with Crippen LogP contribution in [0.4, 0.5) is 4.39 Å². The van der Waals surface area contributed by atoms with Crippen LogP contribution in [0.5, 0.6) is 0 Å². The average Bonchev–Trinajstić information content (AvgIpc) is 2.27. The number of sulfone groups is 1. The highest BCUT2D eigenvalue weighted by Crippen LogP contribution is 2.28. The van der Waals surface area contributed by atoms with Crippen molar-refractivity contribution in [3.8, 4) is 0 Å². The van der Waals surface area contributed by atoms with Crippen molar-refractivity contribution in [1.29, 1.82) is 0 Å². The molecule has 0 aliphatic rings. The fourth-order valence-corrected chi connectivity index (χ4v) is 3.15. The molecule has 3 nitrogen and oxygen atoms in total. The van der Waals surface area contributed by atoms with Crippen LogP contribution >= 0.6 is 15.9 Å². The van der Waals surface area contributed by atoms with Crippen LogP contribution < -0.4 is 0 Å². The molecule has 6 heteroatoms. The van der Waals surface area contributed by atoms with Crippen molar-refractivity contribution in [3.63, 3.8) is 0 Å². The Hall–Kier alpha value is -0.460. The molecular formula is C10H12BrFO3S. The van der Waals surface area contributed by atoms with E-state index in [9.17, 15) is 17.9 Å². The number of rotatable bonds is 4. The first-order valence-corrected chi connectivity index (χ1v) is 7.31. The summed E-state index contributed by atoms with van der Waals surface area (Å²) in [5.41, 5.74) is -0.0265. The summed E-state index contributed by atoms with van der Waals surface area (Å²) < 4.78 is 35.1. The van der Waals surface area contributed by atoms with Gasteiger partial charge in [0.25, 0.3) is 0 Å². The lowest BCUT2D eigenvalue weighted by Crippen LogP contribution is -2.24. The van der Waals surface area contributed by atoms with Gasteiger partial charge in [0.2, 0.25) is 0 Å². The summed E-state index contributed by atoms with van der Waals surface area (Å²) in [4.78, 5) is 0. The molecule has 0 bridgehead atoms. The van der Waals surface area contributed by atoms with Gasteiger partial charge in [-0.25, -0.2) is 12.8 Å². The number of aliphatic hydroxyl groups excluding tert-OH is 1. The molecule has 0 aromatic heterocycles. The van der Waals surface area contributed by atoms with Gasteiger partial charge in [0.15, 0.2) is 9.84 Å². The van der Waals surface area contributed by atoms with E-state index in [1.54, 1.807) is 6.07 Å². The first kappa shape index (κ1) is 13.6.